The van der Waals surface area contributed by atoms with E-state index in [-0.39, 0.29) is 5.41 Å². The highest BCUT2D eigenvalue weighted by atomic mass is 35.5. The second-order valence-electron chi connectivity index (χ2n) is 4.41. The lowest BCUT2D eigenvalue weighted by Gasteiger charge is -2.41. The van der Waals surface area contributed by atoms with Gasteiger partial charge in [0, 0.05) is 6.42 Å². The Morgan fingerprint density at radius 1 is 1.53 bits per heavy atom. The quantitative estimate of drug-likeness (QED) is 0.830. The van der Waals surface area contributed by atoms with Crippen LogP contribution in [0.1, 0.15) is 17.5 Å². The number of aryl methyl sites for hydroxylation is 1. The highest BCUT2D eigenvalue weighted by Crippen LogP contribution is 2.40. The molecule has 0 bridgehead atoms. The predicted molar refractivity (Wildman–Crippen MR) is 65.5 cm³/mol. The standard InChI is InChI=1S/C13H14ClNO2/c1-9-5-12(16-2)11(14)6-10(9)13(3-4-15)7-17-8-13/h5-6H,3,7-8H2,1-2H3. The van der Waals surface area contributed by atoms with Crippen molar-refractivity contribution in [3.05, 3.63) is 28.3 Å². The molecule has 0 radical (unpaired) electrons. The molecule has 1 saturated heterocycles. The molecule has 3 nitrogen and oxygen atoms in total. The van der Waals surface area contributed by atoms with Crippen LogP contribution in [0.5, 0.6) is 5.75 Å². The summed E-state index contributed by atoms with van der Waals surface area (Å²) in [4.78, 5) is 0. The van der Waals surface area contributed by atoms with Gasteiger partial charge in [0.15, 0.2) is 0 Å². The molecule has 0 amide bonds. The average Bonchev–Trinajstić information content (AvgIpc) is 2.26. The molecule has 1 fully saturated rings. The molecular formula is C13H14ClNO2. The molecule has 1 aromatic rings. The van der Waals surface area contributed by atoms with Crippen LogP contribution in [-0.4, -0.2) is 20.3 Å². The van der Waals surface area contributed by atoms with Gasteiger partial charge >= 0.3 is 0 Å². The largest absolute Gasteiger partial charge is 0.495 e. The fourth-order valence-electron chi connectivity index (χ4n) is 2.24. The highest BCUT2D eigenvalue weighted by molar-refractivity contribution is 6.32. The molecule has 0 unspecified atom stereocenters. The van der Waals surface area contributed by atoms with E-state index in [1.165, 1.54) is 0 Å². The van der Waals surface area contributed by atoms with Gasteiger partial charge in [-0.3, -0.25) is 0 Å². The van der Waals surface area contributed by atoms with E-state index in [1.54, 1.807) is 7.11 Å². The minimum atomic E-state index is -0.186. The summed E-state index contributed by atoms with van der Waals surface area (Å²) in [6.07, 6.45) is 0.455. The van der Waals surface area contributed by atoms with Gasteiger partial charge in [-0.25, -0.2) is 0 Å². The molecule has 0 aliphatic carbocycles. The number of benzene rings is 1. The summed E-state index contributed by atoms with van der Waals surface area (Å²) in [5.41, 5.74) is 2.00. The summed E-state index contributed by atoms with van der Waals surface area (Å²) in [7, 11) is 1.60. The molecule has 90 valence electrons. The number of hydrogen-bond acceptors (Lipinski definition) is 3. The Kier molecular flexibility index (Phi) is 3.28. The SMILES string of the molecule is COc1cc(C)c(C2(CC#N)COC2)cc1Cl. The summed E-state index contributed by atoms with van der Waals surface area (Å²) >= 11 is 6.14. The number of halogens is 1. The van der Waals surface area contributed by atoms with Crippen LogP contribution >= 0.6 is 11.6 Å². The van der Waals surface area contributed by atoms with E-state index in [1.807, 2.05) is 19.1 Å². The van der Waals surface area contributed by atoms with E-state index >= 15 is 0 Å². The number of rotatable bonds is 3. The van der Waals surface area contributed by atoms with Crippen molar-refractivity contribution in [1.29, 1.82) is 5.26 Å². The van der Waals surface area contributed by atoms with Crippen molar-refractivity contribution < 1.29 is 9.47 Å². The molecule has 1 heterocycles. The minimum absolute atomic E-state index is 0.186. The monoisotopic (exact) mass is 251 g/mol. The van der Waals surface area contributed by atoms with Crippen LogP contribution in [-0.2, 0) is 10.2 Å². The molecule has 1 aliphatic rings. The number of nitrogens with zero attached hydrogens (tertiary/aromatic N) is 1. The number of ether oxygens (including phenoxy) is 2. The second-order valence-corrected chi connectivity index (χ2v) is 4.82. The van der Waals surface area contributed by atoms with Crippen molar-refractivity contribution in [3.63, 3.8) is 0 Å². The molecule has 0 spiro atoms. The van der Waals surface area contributed by atoms with Gasteiger partial charge in [-0.1, -0.05) is 11.6 Å². The van der Waals surface area contributed by atoms with E-state index in [4.69, 9.17) is 26.3 Å². The predicted octanol–water partition coefficient (Wildman–Crippen LogP) is 2.84. The Morgan fingerprint density at radius 2 is 2.24 bits per heavy atom. The van der Waals surface area contributed by atoms with Gasteiger partial charge in [0.25, 0.3) is 0 Å². The Labute approximate surface area is 106 Å². The summed E-state index contributed by atoms with van der Waals surface area (Å²) in [5, 5.41) is 9.51. The van der Waals surface area contributed by atoms with Crippen molar-refractivity contribution in [2.75, 3.05) is 20.3 Å². The normalized spacial score (nSPS) is 17.1. The maximum absolute atomic E-state index is 8.93. The van der Waals surface area contributed by atoms with Crippen LogP contribution in [0, 0.1) is 18.3 Å². The summed E-state index contributed by atoms with van der Waals surface area (Å²) in [5.74, 6) is 0.667. The van der Waals surface area contributed by atoms with Gasteiger partial charge in [-0.05, 0) is 30.2 Å². The zero-order valence-electron chi connectivity index (χ0n) is 9.92. The molecule has 0 N–H and O–H groups in total. The van der Waals surface area contributed by atoms with E-state index in [0.717, 1.165) is 11.1 Å². The smallest absolute Gasteiger partial charge is 0.137 e. The molecule has 0 aromatic heterocycles. The third kappa shape index (κ3) is 1.99. The van der Waals surface area contributed by atoms with Crippen LogP contribution in [0.2, 0.25) is 5.02 Å². The van der Waals surface area contributed by atoms with Crippen molar-refractivity contribution in [2.24, 2.45) is 0 Å². The van der Waals surface area contributed by atoms with Gasteiger partial charge in [-0.2, -0.15) is 5.26 Å². The molecule has 1 aliphatic heterocycles. The lowest BCUT2D eigenvalue weighted by molar-refractivity contribution is -0.0580. The number of methoxy groups -OCH3 is 1. The van der Waals surface area contributed by atoms with Gasteiger partial charge in [-0.15, -0.1) is 0 Å². The van der Waals surface area contributed by atoms with E-state index in [9.17, 15) is 0 Å². The van der Waals surface area contributed by atoms with E-state index < -0.39 is 0 Å². The molecule has 0 saturated carbocycles. The van der Waals surface area contributed by atoms with E-state index in [0.29, 0.717) is 30.4 Å². The van der Waals surface area contributed by atoms with Crippen molar-refractivity contribution in [1.82, 2.24) is 0 Å². The first-order valence-electron chi connectivity index (χ1n) is 5.42. The molecule has 17 heavy (non-hydrogen) atoms. The first-order valence-corrected chi connectivity index (χ1v) is 5.80. The summed E-state index contributed by atoms with van der Waals surface area (Å²) in [6, 6.07) is 6.04. The maximum atomic E-state index is 8.93. The third-order valence-corrected chi connectivity index (χ3v) is 3.54. The summed E-state index contributed by atoms with van der Waals surface area (Å²) < 4.78 is 10.4. The van der Waals surface area contributed by atoms with Crippen molar-refractivity contribution in [3.8, 4) is 11.8 Å². The highest BCUT2D eigenvalue weighted by Gasteiger charge is 2.41. The third-order valence-electron chi connectivity index (χ3n) is 3.24. The number of hydrogen-bond donors (Lipinski definition) is 0. The van der Waals surface area contributed by atoms with Crippen LogP contribution < -0.4 is 4.74 Å². The van der Waals surface area contributed by atoms with Crippen molar-refractivity contribution >= 4 is 11.6 Å². The molecular weight excluding hydrogens is 238 g/mol. The first kappa shape index (κ1) is 12.2. The van der Waals surface area contributed by atoms with Gasteiger partial charge in [0.2, 0.25) is 0 Å². The maximum Gasteiger partial charge on any atom is 0.137 e. The van der Waals surface area contributed by atoms with Crippen molar-refractivity contribution in [2.45, 2.75) is 18.8 Å². The first-order chi connectivity index (χ1) is 8.13. The Bertz CT molecular complexity index is 475. The number of nitriles is 1. The molecule has 0 atom stereocenters. The van der Waals surface area contributed by atoms with E-state index in [2.05, 4.69) is 6.07 Å². The Hall–Kier alpha value is -1.24. The molecule has 1 aromatic carbocycles. The Morgan fingerprint density at radius 3 is 2.71 bits per heavy atom. The average molecular weight is 252 g/mol. The van der Waals surface area contributed by atoms with Crippen LogP contribution in [0.3, 0.4) is 0 Å². The fourth-order valence-corrected chi connectivity index (χ4v) is 2.48. The fraction of sp³-hybridized carbons (Fsp3) is 0.462. The topological polar surface area (TPSA) is 42.2 Å². The lowest BCUT2D eigenvalue weighted by Crippen LogP contribution is -2.46. The van der Waals surface area contributed by atoms with Gasteiger partial charge in [0.05, 0.1) is 36.8 Å². The van der Waals surface area contributed by atoms with Crippen LogP contribution in [0.15, 0.2) is 12.1 Å². The van der Waals surface area contributed by atoms with Gasteiger partial charge < -0.3 is 9.47 Å². The molecule has 2 rings (SSSR count). The zero-order valence-corrected chi connectivity index (χ0v) is 10.7. The minimum Gasteiger partial charge on any atom is -0.495 e. The zero-order chi connectivity index (χ0) is 12.5. The summed E-state index contributed by atoms with van der Waals surface area (Å²) in [6.45, 7) is 3.18. The molecule has 4 heteroatoms. The van der Waals surface area contributed by atoms with Gasteiger partial charge in [0.1, 0.15) is 5.75 Å². The Balaban J connectivity index is 2.45. The second kappa shape index (κ2) is 4.56. The van der Waals surface area contributed by atoms with Crippen LogP contribution in [0.4, 0.5) is 0 Å². The lowest BCUT2D eigenvalue weighted by atomic mass is 9.74. The van der Waals surface area contributed by atoms with Crippen LogP contribution in [0.25, 0.3) is 0 Å².